The second kappa shape index (κ2) is 16.9. The number of hydrogen-bond donors (Lipinski definition) is 6. The zero-order valence-corrected chi connectivity index (χ0v) is 31.4. The van der Waals surface area contributed by atoms with Gasteiger partial charge in [0.25, 0.3) is 11.8 Å². The standard InChI is InChI=1S/C37H41ClF4N10O5/c38-28-18-23(47-34(55)33-45-19-24(46-33)17-27-31(48-49-32(27)37(40,41)42)26-4-2-22(44)16-29(26)39)3-5-25(28)36(57)51-11-9-50(10-12-51)35(56)21-6-14-52(15-7-21,13-1-8-43)20-30(53)54/h2-5,16,18-19,21H,1,6-15,17,20,43H2,(H5-,44,45,46,47,48,49,53,54,55,57)/p+1. The number of imidazole rings is 1. The first kappa shape index (κ1) is 41.1. The maximum absolute atomic E-state index is 14.7. The Kier molecular flexibility index (Phi) is 12.2. The molecule has 57 heavy (non-hydrogen) atoms. The summed E-state index contributed by atoms with van der Waals surface area (Å²) in [5, 5.41) is 17.8. The summed E-state index contributed by atoms with van der Waals surface area (Å²) in [6.07, 6.45) is -2.24. The number of aromatic nitrogens is 4. The smallest absolute Gasteiger partial charge is 0.435 e. The fourth-order valence-corrected chi connectivity index (χ4v) is 7.80. The Labute approximate surface area is 328 Å². The Balaban J connectivity index is 1.04. The number of carbonyl (C=O) groups is 4. The number of rotatable bonds is 12. The number of aliphatic carboxylic acids is 1. The molecule has 2 saturated heterocycles. The summed E-state index contributed by atoms with van der Waals surface area (Å²) in [5.41, 5.74) is 9.86. The second-order valence-electron chi connectivity index (χ2n) is 14.3. The first-order valence-corrected chi connectivity index (χ1v) is 18.6. The third-order valence-electron chi connectivity index (χ3n) is 10.5. The van der Waals surface area contributed by atoms with Crippen LogP contribution in [0.15, 0.2) is 42.6 Å². The van der Waals surface area contributed by atoms with E-state index in [9.17, 15) is 41.8 Å². The maximum atomic E-state index is 14.7. The zero-order valence-electron chi connectivity index (χ0n) is 30.7. The molecule has 304 valence electrons. The number of aromatic amines is 2. The van der Waals surface area contributed by atoms with E-state index in [0.717, 1.165) is 6.07 Å². The van der Waals surface area contributed by atoms with Crippen molar-refractivity contribution in [3.63, 3.8) is 0 Å². The minimum Gasteiger partial charge on any atom is -0.477 e. The molecular weight excluding hydrogens is 776 g/mol. The molecule has 6 rings (SSSR count). The number of piperazine rings is 1. The number of likely N-dealkylation sites (tertiary alicyclic amines) is 1. The number of hydrogen-bond acceptors (Lipinski definition) is 8. The number of nitrogens with one attached hydrogen (secondary N) is 3. The predicted molar refractivity (Wildman–Crippen MR) is 200 cm³/mol. The van der Waals surface area contributed by atoms with Crippen LogP contribution in [0.3, 0.4) is 0 Å². The summed E-state index contributed by atoms with van der Waals surface area (Å²) in [7, 11) is 0. The van der Waals surface area contributed by atoms with E-state index in [-0.39, 0.29) is 87.7 Å². The monoisotopic (exact) mass is 817 g/mol. The van der Waals surface area contributed by atoms with E-state index in [4.69, 9.17) is 23.1 Å². The lowest BCUT2D eigenvalue weighted by molar-refractivity contribution is -0.926. The molecule has 2 aliphatic heterocycles. The number of nitrogens with zero attached hydrogens (tertiary/aromatic N) is 5. The molecule has 20 heteroatoms. The molecule has 0 atom stereocenters. The Morgan fingerprint density at radius 1 is 1.04 bits per heavy atom. The van der Waals surface area contributed by atoms with Gasteiger partial charge < -0.3 is 41.2 Å². The van der Waals surface area contributed by atoms with Crippen molar-refractivity contribution in [2.24, 2.45) is 11.7 Å². The molecule has 0 saturated carbocycles. The summed E-state index contributed by atoms with van der Waals surface area (Å²) >= 11 is 6.49. The summed E-state index contributed by atoms with van der Waals surface area (Å²) in [6.45, 7) is 3.54. The molecule has 3 amide bonds. The third-order valence-corrected chi connectivity index (χ3v) is 10.8. The van der Waals surface area contributed by atoms with Gasteiger partial charge in [0.15, 0.2) is 18.1 Å². The minimum atomic E-state index is -4.87. The summed E-state index contributed by atoms with van der Waals surface area (Å²) < 4.78 is 56.7. The molecule has 4 aromatic rings. The highest BCUT2D eigenvalue weighted by Gasteiger charge is 2.40. The number of carboxylic acid groups (broad SMARTS) is 1. The lowest BCUT2D eigenvalue weighted by atomic mass is 9.92. The quantitative estimate of drug-likeness (QED) is 0.0692. The lowest BCUT2D eigenvalue weighted by Crippen LogP contribution is -2.58. The predicted octanol–water partition coefficient (Wildman–Crippen LogP) is 3.98. The van der Waals surface area contributed by atoms with Gasteiger partial charge in [0.2, 0.25) is 5.91 Å². The largest absolute Gasteiger partial charge is 0.477 e. The van der Waals surface area contributed by atoms with Gasteiger partial charge in [-0.1, -0.05) is 11.6 Å². The van der Waals surface area contributed by atoms with Crippen molar-refractivity contribution >= 4 is 46.7 Å². The number of anilines is 2. The second-order valence-corrected chi connectivity index (χ2v) is 14.8. The van der Waals surface area contributed by atoms with Gasteiger partial charge in [-0.3, -0.25) is 19.5 Å². The highest BCUT2D eigenvalue weighted by Crippen LogP contribution is 2.37. The highest BCUT2D eigenvalue weighted by molar-refractivity contribution is 6.34. The van der Waals surface area contributed by atoms with E-state index >= 15 is 0 Å². The van der Waals surface area contributed by atoms with Crippen LogP contribution in [-0.4, -0.2) is 122 Å². The van der Waals surface area contributed by atoms with Crippen molar-refractivity contribution in [2.45, 2.75) is 31.9 Å². The molecule has 2 aromatic heterocycles. The highest BCUT2D eigenvalue weighted by atomic mass is 35.5. The van der Waals surface area contributed by atoms with Gasteiger partial charge in [-0.15, -0.1) is 0 Å². The van der Waals surface area contributed by atoms with Crippen LogP contribution in [0.5, 0.6) is 0 Å². The van der Waals surface area contributed by atoms with Gasteiger partial charge in [0, 0.05) is 92.2 Å². The van der Waals surface area contributed by atoms with Crippen LogP contribution in [0.25, 0.3) is 11.3 Å². The number of quaternary nitrogens is 1. The number of alkyl halides is 3. The third kappa shape index (κ3) is 9.37. The van der Waals surface area contributed by atoms with E-state index in [1.807, 2.05) is 0 Å². The average molecular weight is 818 g/mol. The normalized spacial score (nSPS) is 18.7. The van der Waals surface area contributed by atoms with Crippen molar-refractivity contribution in [2.75, 3.05) is 70.0 Å². The summed E-state index contributed by atoms with van der Waals surface area (Å²) in [4.78, 5) is 61.5. The van der Waals surface area contributed by atoms with Crippen molar-refractivity contribution in [3.8, 4) is 11.3 Å². The summed E-state index contributed by atoms with van der Waals surface area (Å²) in [6, 6.07) is 7.86. The van der Waals surface area contributed by atoms with Crippen LogP contribution in [0.2, 0.25) is 5.02 Å². The number of halogens is 5. The SMILES string of the molecule is NCCC[N+]1(CC(=O)O)CCC(C(=O)N2CCN(C(=O)c3ccc(NC(=O)c4ncc(Cc5c(C(F)(F)F)n[nH]c5-c5ccc(N)cc5F)[nH]4)cc3Cl)CC2)CC1. The molecule has 15 nitrogen and oxygen atoms in total. The number of nitrogens with two attached hydrogens (primary N) is 2. The molecule has 0 aliphatic carbocycles. The van der Waals surface area contributed by atoms with Crippen molar-refractivity contribution < 1.29 is 46.3 Å². The number of carboxylic acids is 1. The maximum Gasteiger partial charge on any atom is 0.435 e. The molecule has 4 heterocycles. The van der Waals surface area contributed by atoms with E-state index in [1.54, 1.807) is 9.80 Å². The molecular formula is C37H42ClF4N10O5+. The first-order chi connectivity index (χ1) is 27.1. The minimum absolute atomic E-state index is 0.00157. The molecule has 0 unspecified atom stereocenters. The van der Waals surface area contributed by atoms with Crippen LogP contribution < -0.4 is 16.8 Å². The van der Waals surface area contributed by atoms with Crippen LogP contribution in [0, 0.1) is 11.7 Å². The van der Waals surface area contributed by atoms with E-state index in [2.05, 4.69) is 25.5 Å². The van der Waals surface area contributed by atoms with Gasteiger partial charge in [-0.2, -0.15) is 18.3 Å². The van der Waals surface area contributed by atoms with E-state index in [0.29, 0.717) is 63.0 Å². The molecule has 2 aromatic carbocycles. The van der Waals surface area contributed by atoms with Crippen molar-refractivity contribution in [3.05, 3.63) is 81.8 Å². The van der Waals surface area contributed by atoms with Gasteiger partial charge in [-0.25, -0.2) is 14.2 Å². The Bertz CT molecular complexity index is 2140. The topological polar surface area (TPSA) is 216 Å². The van der Waals surface area contributed by atoms with Gasteiger partial charge in [0.05, 0.1) is 35.9 Å². The molecule has 8 N–H and O–H groups in total. The van der Waals surface area contributed by atoms with Crippen molar-refractivity contribution in [1.82, 2.24) is 30.0 Å². The average Bonchev–Trinajstić information content (AvgIpc) is 3.82. The number of amides is 3. The van der Waals surface area contributed by atoms with Gasteiger partial charge >= 0.3 is 12.1 Å². The molecule has 0 radical (unpaired) electrons. The van der Waals surface area contributed by atoms with E-state index in [1.165, 1.54) is 36.5 Å². The Hall–Kier alpha value is -5.53. The number of piperidine rings is 1. The van der Waals surface area contributed by atoms with Gasteiger partial charge in [-0.05, 0) is 42.9 Å². The van der Waals surface area contributed by atoms with Crippen LogP contribution in [-0.2, 0) is 22.2 Å². The van der Waals surface area contributed by atoms with Gasteiger partial charge in [0.1, 0.15) is 5.82 Å². The lowest BCUT2D eigenvalue weighted by Gasteiger charge is -2.44. The molecule has 0 spiro atoms. The number of H-pyrrole nitrogens is 2. The van der Waals surface area contributed by atoms with Crippen LogP contribution in [0.4, 0.5) is 28.9 Å². The molecule has 2 fully saturated rings. The summed E-state index contributed by atoms with van der Waals surface area (Å²) in [5.74, 6) is -3.27. The van der Waals surface area contributed by atoms with Crippen LogP contribution >= 0.6 is 11.6 Å². The van der Waals surface area contributed by atoms with Crippen LogP contribution in [0.1, 0.15) is 57.2 Å². The number of benzene rings is 2. The molecule has 2 aliphatic rings. The molecule has 0 bridgehead atoms. The zero-order chi connectivity index (χ0) is 41.1. The van der Waals surface area contributed by atoms with Crippen molar-refractivity contribution in [1.29, 1.82) is 0 Å². The Morgan fingerprint density at radius 3 is 2.37 bits per heavy atom. The fraction of sp³-hybridized carbons (Fsp3) is 0.405. The number of carbonyl (C=O) groups excluding carboxylic acids is 3. The first-order valence-electron chi connectivity index (χ1n) is 18.3. The fourth-order valence-electron chi connectivity index (χ4n) is 7.54. The number of nitrogen functional groups attached to an aromatic ring is 1. The van der Waals surface area contributed by atoms with E-state index < -0.39 is 36.0 Å². The Morgan fingerprint density at radius 2 is 1.74 bits per heavy atom.